The van der Waals surface area contributed by atoms with Crippen LogP contribution >= 0.6 is 0 Å². The van der Waals surface area contributed by atoms with Crippen LogP contribution in [-0.4, -0.2) is 66.3 Å². The summed E-state index contributed by atoms with van der Waals surface area (Å²) in [6, 6.07) is 7.40. The summed E-state index contributed by atoms with van der Waals surface area (Å²) in [7, 11) is -5.41. The fourth-order valence-electron chi connectivity index (χ4n) is 6.30. The van der Waals surface area contributed by atoms with Crippen LogP contribution in [0.1, 0.15) is 62.0 Å². The van der Waals surface area contributed by atoms with Gasteiger partial charge in [-0.15, -0.1) is 0 Å². The molecule has 0 radical (unpaired) electrons. The van der Waals surface area contributed by atoms with Gasteiger partial charge in [0.2, 0.25) is 9.84 Å². The van der Waals surface area contributed by atoms with Crippen LogP contribution in [0.5, 0.6) is 5.75 Å². The van der Waals surface area contributed by atoms with Crippen molar-refractivity contribution >= 4 is 27.6 Å². The van der Waals surface area contributed by atoms with Crippen LogP contribution in [0.2, 0.25) is 0 Å². The maximum absolute atomic E-state index is 14.4. The Hall–Kier alpha value is -3.91. The molecular formula is C31H36F3N3O7S. The standard InChI is InChI=1S/C31H36F3N3O7S/c1-2-18-44-22-15-13-20(14-16-22)24-10-3-4-11-25(24)36-29(41)30(28(35)40,37-17-6-5-12-26(37)27(38)39)45(42,43)23-9-7-8-21(19-23)31(32,33)34/h2,7-9,13-16,19,24-26H,1,3-6,10-12,17-18H2,(H2,35,40)(H,36,41)(H,38,39). The third-order valence-corrected chi connectivity index (χ3v) is 10.7. The smallest absolute Gasteiger partial charge is 0.416 e. The molecule has 2 aromatic rings. The number of alkyl halides is 3. The van der Waals surface area contributed by atoms with Crippen molar-refractivity contribution in [3.63, 3.8) is 0 Å². The Labute approximate surface area is 259 Å². The van der Waals surface area contributed by atoms with E-state index in [2.05, 4.69) is 11.9 Å². The van der Waals surface area contributed by atoms with Gasteiger partial charge in [0.25, 0.3) is 16.7 Å². The molecule has 0 spiro atoms. The number of carboxylic acids is 1. The van der Waals surface area contributed by atoms with Gasteiger partial charge in [0, 0.05) is 18.5 Å². The van der Waals surface area contributed by atoms with Gasteiger partial charge in [-0.25, -0.2) is 8.42 Å². The zero-order valence-corrected chi connectivity index (χ0v) is 25.3. The zero-order chi connectivity index (χ0) is 33.0. The molecule has 4 N–H and O–H groups in total. The maximum Gasteiger partial charge on any atom is 0.416 e. The Morgan fingerprint density at radius 2 is 1.71 bits per heavy atom. The van der Waals surface area contributed by atoms with Gasteiger partial charge >= 0.3 is 12.1 Å². The molecule has 0 bridgehead atoms. The number of benzene rings is 2. The highest BCUT2D eigenvalue weighted by Crippen LogP contribution is 2.40. The molecule has 14 heteroatoms. The number of hydrogen-bond donors (Lipinski definition) is 3. The summed E-state index contributed by atoms with van der Waals surface area (Å²) in [6.07, 6.45) is -0.440. The first-order valence-corrected chi connectivity index (χ1v) is 16.1. The molecule has 1 saturated carbocycles. The lowest BCUT2D eigenvalue weighted by molar-refractivity contribution is -0.152. The van der Waals surface area contributed by atoms with E-state index in [0.717, 1.165) is 29.0 Å². The van der Waals surface area contributed by atoms with Gasteiger partial charge in [0.1, 0.15) is 18.4 Å². The number of ether oxygens (including phenoxy) is 1. The molecule has 2 amide bonds. The molecule has 4 atom stereocenters. The molecule has 4 rings (SSSR count). The number of hydrogen-bond acceptors (Lipinski definition) is 7. The molecular weight excluding hydrogens is 615 g/mol. The van der Waals surface area contributed by atoms with Crippen LogP contribution < -0.4 is 15.8 Å². The molecule has 2 aliphatic rings. The SMILES string of the molecule is C=CCOc1ccc(C2CCCCC2NC(=O)C(C(N)=O)(N2CCCCC2C(=O)O)S(=O)(=O)c2cccc(C(F)(F)F)c2)cc1. The molecule has 0 aromatic heterocycles. The molecule has 1 aliphatic carbocycles. The Morgan fingerprint density at radius 1 is 1.04 bits per heavy atom. The average molecular weight is 652 g/mol. The number of carboxylic acid groups (broad SMARTS) is 1. The molecule has 1 aliphatic heterocycles. The number of carbonyl (C=O) groups is 3. The summed E-state index contributed by atoms with van der Waals surface area (Å²) in [6.45, 7) is 3.58. The minimum atomic E-state index is -5.41. The highest BCUT2D eigenvalue weighted by molar-refractivity contribution is 7.94. The molecule has 2 fully saturated rings. The number of rotatable bonds is 11. The molecule has 2 aromatic carbocycles. The number of halogens is 3. The number of nitrogens with one attached hydrogen (secondary N) is 1. The van der Waals surface area contributed by atoms with E-state index in [4.69, 9.17) is 10.5 Å². The van der Waals surface area contributed by atoms with Gasteiger partial charge in [-0.3, -0.25) is 19.3 Å². The van der Waals surface area contributed by atoms with Crippen molar-refractivity contribution in [2.45, 2.75) is 78.9 Å². The fraction of sp³-hybridized carbons (Fsp3) is 0.452. The van der Waals surface area contributed by atoms with Gasteiger partial charge in [0.05, 0.1) is 10.5 Å². The van der Waals surface area contributed by atoms with E-state index in [9.17, 15) is 41.1 Å². The number of likely N-dealkylation sites (tertiary alicyclic amines) is 1. The highest BCUT2D eigenvalue weighted by Gasteiger charge is 2.64. The van der Waals surface area contributed by atoms with E-state index in [1.54, 1.807) is 30.3 Å². The van der Waals surface area contributed by atoms with Gasteiger partial charge in [0.15, 0.2) is 0 Å². The van der Waals surface area contributed by atoms with Crippen molar-refractivity contribution in [2.24, 2.45) is 5.73 Å². The Kier molecular flexibility index (Phi) is 10.3. The number of primary amides is 1. The van der Waals surface area contributed by atoms with Crippen molar-refractivity contribution in [1.29, 1.82) is 0 Å². The topological polar surface area (TPSA) is 156 Å². The fourth-order valence-corrected chi connectivity index (χ4v) is 8.28. The van der Waals surface area contributed by atoms with Crippen LogP contribution in [0.15, 0.2) is 66.1 Å². The largest absolute Gasteiger partial charge is 0.490 e. The summed E-state index contributed by atoms with van der Waals surface area (Å²) < 4.78 is 75.2. The monoisotopic (exact) mass is 651 g/mol. The third-order valence-electron chi connectivity index (χ3n) is 8.45. The normalized spacial score (nSPS) is 22.5. The number of nitrogens with two attached hydrogens (primary N) is 1. The minimum absolute atomic E-state index is 0.109. The second-order valence-electron chi connectivity index (χ2n) is 11.2. The third kappa shape index (κ3) is 6.71. The lowest BCUT2D eigenvalue weighted by atomic mass is 9.79. The number of piperidine rings is 1. The predicted octanol–water partition coefficient (Wildman–Crippen LogP) is 4.01. The van der Waals surface area contributed by atoms with Crippen molar-refractivity contribution < 1.29 is 45.8 Å². The Balaban J connectivity index is 1.83. The van der Waals surface area contributed by atoms with Crippen LogP contribution in [0.3, 0.4) is 0 Å². The Bertz CT molecular complexity index is 1530. The second-order valence-corrected chi connectivity index (χ2v) is 13.3. The van der Waals surface area contributed by atoms with Crippen molar-refractivity contribution in [1.82, 2.24) is 10.2 Å². The van der Waals surface area contributed by atoms with Crippen molar-refractivity contribution in [2.75, 3.05) is 13.2 Å². The minimum Gasteiger partial charge on any atom is -0.490 e. The highest BCUT2D eigenvalue weighted by atomic mass is 32.2. The van der Waals surface area contributed by atoms with Crippen LogP contribution in [-0.2, 0) is 30.4 Å². The van der Waals surface area contributed by atoms with Gasteiger partial charge in [-0.05, 0) is 61.6 Å². The van der Waals surface area contributed by atoms with E-state index in [0.29, 0.717) is 50.2 Å². The molecule has 10 nitrogen and oxygen atoms in total. The zero-order valence-electron chi connectivity index (χ0n) is 24.5. The molecule has 45 heavy (non-hydrogen) atoms. The number of aliphatic carboxylic acids is 1. The summed E-state index contributed by atoms with van der Waals surface area (Å²) in [5.41, 5.74) is 5.24. The van der Waals surface area contributed by atoms with Gasteiger partial charge in [-0.1, -0.05) is 50.1 Å². The first kappa shape index (κ1) is 34.0. The predicted molar refractivity (Wildman–Crippen MR) is 158 cm³/mol. The quantitative estimate of drug-likeness (QED) is 0.243. The second kappa shape index (κ2) is 13.6. The molecule has 244 valence electrons. The van der Waals surface area contributed by atoms with E-state index in [1.807, 2.05) is 0 Å². The summed E-state index contributed by atoms with van der Waals surface area (Å²) >= 11 is 0. The number of nitrogens with zero attached hydrogens (tertiary/aromatic N) is 1. The van der Waals surface area contributed by atoms with E-state index >= 15 is 0 Å². The summed E-state index contributed by atoms with van der Waals surface area (Å²) in [5.74, 6) is -4.35. The lowest BCUT2D eigenvalue weighted by Crippen LogP contribution is -2.74. The molecule has 4 unspecified atom stereocenters. The van der Waals surface area contributed by atoms with Gasteiger partial charge in [-0.2, -0.15) is 13.2 Å². The van der Waals surface area contributed by atoms with Crippen LogP contribution in [0.25, 0.3) is 0 Å². The number of carbonyl (C=O) groups excluding carboxylic acids is 2. The first-order chi connectivity index (χ1) is 21.2. The summed E-state index contributed by atoms with van der Waals surface area (Å²) in [5, 5.41) is 12.7. The Morgan fingerprint density at radius 3 is 2.33 bits per heavy atom. The average Bonchev–Trinajstić information content (AvgIpc) is 3.00. The van der Waals surface area contributed by atoms with Crippen molar-refractivity contribution in [3.05, 3.63) is 72.3 Å². The van der Waals surface area contributed by atoms with Crippen LogP contribution in [0.4, 0.5) is 13.2 Å². The van der Waals surface area contributed by atoms with Crippen molar-refractivity contribution in [3.8, 4) is 5.75 Å². The molecule has 1 saturated heterocycles. The lowest BCUT2D eigenvalue weighted by Gasteiger charge is -2.45. The van der Waals surface area contributed by atoms with Crippen LogP contribution in [0, 0.1) is 0 Å². The van der Waals surface area contributed by atoms with E-state index in [-0.39, 0.29) is 25.3 Å². The number of sulfone groups is 1. The van der Waals surface area contributed by atoms with Gasteiger partial charge < -0.3 is 20.9 Å². The number of amides is 2. The maximum atomic E-state index is 14.4. The molecule has 1 heterocycles. The van der Waals surface area contributed by atoms with E-state index in [1.165, 1.54) is 0 Å². The summed E-state index contributed by atoms with van der Waals surface area (Å²) in [4.78, 5) is 36.6. The first-order valence-electron chi connectivity index (χ1n) is 14.6. The van der Waals surface area contributed by atoms with E-state index < -0.39 is 61.2 Å².